The van der Waals surface area contributed by atoms with E-state index in [1.54, 1.807) is 4.90 Å². The number of amides is 1. The number of aliphatic carboxylic acids is 1. The first-order valence-corrected chi connectivity index (χ1v) is 8.02. The van der Waals surface area contributed by atoms with Crippen LogP contribution in [0, 0.1) is 0 Å². The van der Waals surface area contributed by atoms with Gasteiger partial charge in [-0.25, -0.2) is 8.42 Å². The first-order valence-electron chi connectivity index (χ1n) is 6.20. The monoisotopic (exact) mass is 309 g/mol. The van der Waals surface area contributed by atoms with Crippen LogP contribution in [0.4, 0.5) is 0 Å². The van der Waals surface area contributed by atoms with Gasteiger partial charge in [-0.1, -0.05) is 0 Å². The van der Waals surface area contributed by atoms with Gasteiger partial charge in [0.15, 0.2) is 9.84 Å². The minimum atomic E-state index is -3.40. The molecule has 0 saturated heterocycles. The zero-order chi connectivity index (χ0) is 15.8. The Balaban J connectivity index is 4.35. The van der Waals surface area contributed by atoms with Gasteiger partial charge in [0.05, 0.1) is 18.1 Å². The number of nitrogens with two attached hydrogens (primary N) is 1. The molecule has 0 aromatic carbocycles. The highest BCUT2D eigenvalue weighted by atomic mass is 32.2. The fourth-order valence-electron chi connectivity index (χ4n) is 1.43. The first-order chi connectivity index (χ1) is 9.12. The van der Waals surface area contributed by atoms with Crippen LogP contribution in [-0.4, -0.2) is 87.0 Å². The predicted octanol–water partition coefficient (Wildman–Crippen LogP) is -1.78. The summed E-state index contributed by atoms with van der Waals surface area (Å²) in [6, 6.07) is 0. The van der Waals surface area contributed by atoms with E-state index in [1.807, 2.05) is 19.0 Å². The van der Waals surface area contributed by atoms with Crippen LogP contribution in [0.3, 0.4) is 0 Å². The highest BCUT2D eigenvalue weighted by Gasteiger charge is 2.16. The molecule has 8 nitrogen and oxygen atoms in total. The third-order valence-electron chi connectivity index (χ3n) is 2.60. The largest absolute Gasteiger partial charge is 0.480 e. The van der Waals surface area contributed by atoms with Crippen molar-refractivity contribution in [1.82, 2.24) is 9.80 Å². The summed E-state index contributed by atoms with van der Waals surface area (Å²) in [5, 5.41) is 8.79. The summed E-state index contributed by atoms with van der Waals surface area (Å²) in [4.78, 5) is 24.7. The second kappa shape index (κ2) is 8.88. The number of nitrogens with zero attached hydrogens (tertiary/aromatic N) is 2. The third kappa shape index (κ3) is 10.7. The van der Waals surface area contributed by atoms with Crippen molar-refractivity contribution >= 4 is 21.7 Å². The third-order valence-corrected chi connectivity index (χ3v) is 4.23. The molecule has 0 aromatic heterocycles. The van der Waals surface area contributed by atoms with Crippen LogP contribution in [0.5, 0.6) is 0 Å². The standard InChI is InChI=1S/C11H23N3O5S/c1-13(2)4-5-14(9-11(16)17)6-8-20(18,19)7-3-10(12)15/h3-9H2,1-2H3,(H2,12,15)(H,16,17). The predicted molar refractivity (Wildman–Crippen MR) is 75.1 cm³/mol. The molecule has 0 saturated carbocycles. The lowest BCUT2D eigenvalue weighted by atomic mass is 10.4. The van der Waals surface area contributed by atoms with E-state index in [-0.39, 0.29) is 31.0 Å². The molecule has 118 valence electrons. The Morgan fingerprint density at radius 2 is 1.70 bits per heavy atom. The summed E-state index contributed by atoms with van der Waals surface area (Å²) in [7, 11) is 0.304. The molecule has 0 rings (SSSR count). The number of rotatable bonds is 11. The Hall–Kier alpha value is -1.19. The minimum absolute atomic E-state index is 0.126. The van der Waals surface area contributed by atoms with Gasteiger partial charge < -0.3 is 15.7 Å². The molecule has 0 radical (unpaired) electrons. The maximum atomic E-state index is 11.7. The van der Waals surface area contributed by atoms with E-state index < -0.39 is 21.7 Å². The molecule has 3 N–H and O–H groups in total. The van der Waals surface area contributed by atoms with Crippen molar-refractivity contribution < 1.29 is 23.1 Å². The molecule has 0 unspecified atom stereocenters. The van der Waals surface area contributed by atoms with Crippen LogP contribution in [0.1, 0.15) is 6.42 Å². The lowest BCUT2D eigenvalue weighted by molar-refractivity contribution is -0.138. The van der Waals surface area contributed by atoms with E-state index >= 15 is 0 Å². The van der Waals surface area contributed by atoms with Gasteiger partial charge in [0.25, 0.3) is 0 Å². The van der Waals surface area contributed by atoms with Crippen molar-refractivity contribution in [2.75, 3.05) is 51.8 Å². The molecule has 0 aliphatic heterocycles. The number of sulfone groups is 1. The van der Waals surface area contributed by atoms with Crippen molar-refractivity contribution in [3.8, 4) is 0 Å². The van der Waals surface area contributed by atoms with Crippen LogP contribution in [0.15, 0.2) is 0 Å². The molecular weight excluding hydrogens is 286 g/mol. The average Bonchev–Trinajstić information content (AvgIpc) is 2.30. The number of carboxylic acids is 1. The van der Waals surface area contributed by atoms with Crippen molar-refractivity contribution in [2.24, 2.45) is 5.73 Å². The van der Waals surface area contributed by atoms with Crippen molar-refractivity contribution in [1.29, 1.82) is 0 Å². The van der Waals surface area contributed by atoms with Crippen LogP contribution < -0.4 is 5.73 Å². The molecule has 1 amide bonds. The van der Waals surface area contributed by atoms with Gasteiger partial charge in [0.1, 0.15) is 0 Å². The topological polar surface area (TPSA) is 121 Å². The van der Waals surface area contributed by atoms with Gasteiger partial charge in [-0.05, 0) is 14.1 Å². The smallest absolute Gasteiger partial charge is 0.317 e. The van der Waals surface area contributed by atoms with Crippen LogP contribution in [-0.2, 0) is 19.4 Å². The zero-order valence-electron chi connectivity index (χ0n) is 11.9. The molecule has 0 aromatic rings. The molecule has 20 heavy (non-hydrogen) atoms. The Labute approximate surface area is 119 Å². The summed E-state index contributed by atoms with van der Waals surface area (Å²) in [5.41, 5.74) is 4.91. The Morgan fingerprint density at radius 1 is 1.10 bits per heavy atom. The van der Waals surface area contributed by atoms with Crippen LogP contribution >= 0.6 is 0 Å². The molecule has 0 aliphatic carbocycles. The summed E-state index contributed by atoms with van der Waals surface area (Å²) >= 11 is 0. The van der Waals surface area contributed by atoms with Gasteiger partial charge in [0.2, 0.25) is 5.91 Å². The van der Waals surface area contributed by atoms with Crippen molar-refractivity contribution in [2.45, 2.75) is 6.42 Å². The molecule has 0 atom stereocenters. The second-order valence-corrected chi connectivity index (χ2v) is 7.14. The van der Waals surface area contributed by atoms with Gasteiger partial charge in [0, 0.05) is 26.1 Å². The van der Waals surface area contributed by atoms with E-state index in [0.717, 1.165) is 0 Å². The quantitative estimate of drug-likeness (QED) is 0.463. The minimum Gasteiger partial charge on any atom is -0.480 e. The fourth-order valence-corrected chi connectivity index (χ4v) is 2.68. The van der Waals surface area contributed by atoms with E-state index in [1.165, 1.54) is 0 Å². The van der Waals surface area contributed by atoms with Gasteiger partial charge in [-0.2, -0.15) is 0 Å². The Kier molecular flexibility index (Phi) is 8.35. The van der Waals surface area contributed by atoms with Crippen molar-refractivity contribution in [3.05, 3.63) is 0 Å². The zero-order valence-corrected chi connectivity index (χ0v) is 12.7. The number of carboxylic acid groups (broad SMARTS) is 1. The summed E-state index contributed by atoms with van der Waals surface area (Å²) < 4.78 is 23.3. The van der Waals surface area contributed by atoms with E-state index in [9.17, 15) is 18.0 Å². The normalized spacial score (nSPS) is 12.0. The highest BCUT2D eigenvalue weighted by molar-refractivity contribution is 7.91. The number of primary amides is 1. The number of carbonyl (C=O) groups excluding carboxylic acids is 1. The number of hydrogen-bond acceptors (Lipinski definition) is 6. The molecule has 0 bridgehead atoms. The molecular formula is C11H23N3O5S. The first kappa shape index (κ1) is 18.8. The summed E-state index contributed by atoms with van der Waals surface area (Å²) in [6.45, 7) is 1.01. The fraction of sp³-hybridized carbons (Fsp3) is 0.818. The lowest BCUT2D eigenvalue weighted by Crippen LogP contribution is -2.38. The van der Waals surface area contributed by atoms with Crippen molar-refractivity contribution in [3.63, 3.8) is 0 Å². The Bertz CT molecular complexity index is 422. The molecule has 0 aliphatic rings. The SMILES string of the molecule is CN(C)CCN(CCS(=O)(=O)CCC(N)=O)CC(=O)O. The van der Waals surface area contributed by atoms with Gasteiger partial charge in [-0.3, -0.25) is 14.5 Å². The number of likely N-dealkylation sites (N-methyl/N-ethyl adjacent to an activating group) is 1. The van der Waals surface area contributed by atoms with Gasteiger partial charge in [-0.15, -0.1) is 0 Å². The average molecular weight is 309 g/mol. The lowest BCUT2D eigenvalue weighted by Gasteiger charge is -2.22. The summed E-state index contributed by atoms with van der Waals surface area (Å²) in [5.74, 6) is -2.14. The molecule has 0 fully saturated rings. The Morgan fingerprint density at radius 3 is 2.15 bits per heavy atom. The molecule has 0 spiro atoms. The molecule has 0 heterocycles. The highest BCUT2D eigenvalue weighted by Crippen LogP contribution is 1.97. The van der Waals surface area contributed by atoms with E-state index in [0.29, 0.717) is 13.1 Å². The van der Waals surface area contributed by atoms with E-state index in [4.69, 9.17) is 10.8 Å². The van der Waals surface area contributed by atoms with E-state index in [2.05, 4.69) is 0 Å². The maximum Gasteiger partial charge on any atom is 0.317 e. The molecule has 9 heteroatoms. The van der Waals surface area contributed by atoms with Crippen LogP contribution in [0.2, 0.25) is 0 Å². The second-order valence-electron chi connectivity index (χ2n) is 4.84. The van der Waals surface area contributed by atoms with Crippen LogP contribution in [0.25, 0.3) is 0 Å². The maximum absolute atomic E-state index is 11.7. The van der Waals surface area contributed by atoms with Gasteiger partial charge >= 0.3 is 5.97 Å². The summed E-state index contributed by atoms with van der Waals surface area (Å²) in [6.07, 6.45) is -0.209. The number of hydrogen-bond donors (Lipinski definition) is 2. The number of carbonyl (C=O) groups is 2.